The van der Waals surface area contributed by atoms with Crippen molar-refractivity contribution >= 4 is 59.2 Å². The van der Waals surface area contributed by atoms with Gasteiger partial charge in [-0.3, -0.25) is 0 Å². The second-order valence-electron chi connectivity index (χ2n) is 11.6. The van der Waals surface area contributed by atoms with Crippen LogP contribution >= 0.6 is 15.8 Å². The maximum atomic E-state index is 2.46. The van der Waals surface area contributed by atoms with E-state index in [4.69, 9.17) is 0 Å². The molecule has 0 saturated heterocycles. The van der Waals surface area contributed by atoms with E-state index >= 15 is 0 Å². The predicted molar refractivity (Wildman–Crippen MR) is 202 cm³/mol. The van der Waals surface area contributed by atoms with Crippen LogP contribution in [0.2, 0.25) is 0 Å². The fraction of sp³-hybridized carbons (Fsp3) is 0.0227. The van der Waals surface area contributed by atoms with Crippen LogP contribution in [0, 0.1) is 5.66 Å². The number of fused-ring (bicyclic) bond motifs is 2. The van der Waals surface area contributed by atoms with Gasteiger partial charge in [0.2, 0.25) is 0 Å². The van der Waals surface area contributed by atoms with Crippen LogP contribution in [0.25, 0.3) is 16.8 Å². The first kappa shape index (κ1) is 36.8. The first-order chi connectivity index (χ1) is 22.9. The largest absolute Gasteiger partial charge is 2.00 e. The molecular weight excluding hydrogens is 768 g/mol. The van der Waals surface area contributed by atoms with E-state index in [0.29, 0.717) is 0 Å². The molecule has 8 rings (SSSR count). The van der Waals surface area contributed by atoms with E-state index in [0.717, 1.165) is 0 Å². The van der Waals surface area contributed by atoms with Crippen molar-refractivity contribution in [3.8, 4) is 0 Å². The van der Waals surface area contributed by atoms with Crippen LogP contribution in [0.3, 0.4) is 0 Å². The molecule has 0 fully saturated rings. The van der Waals surface area contributed by atoms with Crippen LogP contribution in [0.4, 0.5) is 0 Å². The molecule has 0 nitrogen and oxygen atoms in total. The quantitative estimate of drug-likeness (QED) is 0.132. The van der Waals surface area contributed by atoms with Gasteiger partial charge in [0.25, 0.3) is 0 Å². The van der Waals surface area contributed by atoms with Crippen LogP contribution in [-0.4, -0.2) is 0 Å². The van der Waals surface area contributed by atoms with Gasteiger partial charge in [0.15, 0.2) is 0 Å². The normalized spacial score (nSPS) is 13.3. The molecule has 7 aromatic carbocycles. The smallest absolute Gasteiger partial charge is 1.00 e. The van der Waals surface area contributed by atoms with Crippen molar-refractivity contribution in [3.05, 3.63) is 210 Å². The first-order valence-corrected chi connectivity index (χ1v) is 18.5. The average Bonchev–Trinajstić information content (AvgIpc) is 3.14. The molecule has 0 radical (unpaired) electrons. The van der Waals surface area contributed by atoms with Crippen LogP contribution in [0.15, 0.2) is 188 Å². The molecule has 5 heteroatoms. The van der Waals surface area contributed by atoms with Crippen molar-refractivity contribution in [1.82, 2.24) is 0 Å². The number of rotatable bonds is 7. The fourth-order valence-electron chi connectivity index (χ4n) is 6.83. The summed E-state index contributed by atoms with van der Waals surface area (Å²) in [6, 6.07) is 67.4. The number of hydrogen-bond acceptors (Lipinski definition) is 0. The summed E-state index contributed by atoms with van der Waals surface area (Å²) >= 11 is 0. The third-order valence-electron chi connectivity index (χ3n) is 8.83. The van der Waals surface area contributed by atoms with Crippen LogP contribution in [0.5, 0.6) is 0 Å². The molecule has 0 aliphatic heterocycles. The van der Waals surface area contributed by atoms with Gasteiger partial charge in [-0.15, -0.1) is 13.5 Å². The molecule has 0 spiro atoms. The van der Waals surface area contributed by atoms with E-state index < -0.39 is 15.8 Å². The average molecular weight is 801 g/mol. The topological polar surface area (TPSA) is 0 Å². The van der Waals surface area contributed by atoms with Crippen molar-refractivity contribution in [2.75, 3.05) is 0 Å². The molecule has 1 unspecified atom stereocenters. The molecule has 49 heavy (non-hydrogen) atoms. The standard InChI is InChI=1S/C44H33P2.2ClH.Pd/c1-5-19-35(20-6-1)45(36-21-7-2-8-22-36)41-31-29-33-17-13-15-27-39(33)43(41)44-40-28-16-14-18-34(40)30-32-42(44)46(37-23-9-3-10-24-37)38-25-11-4-12-26-38;;;/h1-32,43H;2*1H;/q-1;;;+2/p-2. The number of hydrogen-bond donors (Lipinski definition) is 0. The predicted octanol–water partition coefficient (Wildman–Crippen LogP) is 3.43. The molecule has 0 N–H and O–H groups in total. The van der Waals surface area contributed by atoms with E-state index in [-0.39, 0.29) is 51.2 Å². The third-order valence-corrected chi connectivity index (χ3v) is 13.9. The van der Waals surface area contributed by atoms with Gasteiger partial charge in [-0.05, 0) is 56.7 Å². The Morgan fingerprint density at radius 3 is 1.49 bits per heavy atom. The first-order valence-electron chi connectivity index (χ1n) is 15.8. The summed E-state index contributed by atoms with van der Waals surface area (Å²) in [5, 5.41) is 9.54. The summed E-state index contributed by atoms with van der Waals surface area (Å²) in [6.07, 6.45) is 4.81. The van der Waals surface area contributed by atoms with E-state index in [9.17, 15) is 0 Å². The van der Waals surface area contributed by atoms with Crippen molar-refractivity contribution in [2.24, 2.45) is 0 Å². The zero-order chi connectivity index (χ0) is 30.7. The Morgan fingerprint density at radius 2 is 0.918 bits per heavy atom. The van der Waals surface area contributed by atoms with E-state index in [2.05, 4.69) is 194 Å². The summed E-state index contributed by atoms with van der Waals surface area (Å²) in [5.74, 6) is 0.0891. The second-order valence-corrected chi connectivity index (χ2v) is 16.0. The maximum absolute atomic E-state index is 2.46. The van der Waals surface area contributed by atoms with Crippen molar-refractivity contribution in [1.29, 1.82) is 0 Å². The molecule has 7 aromatic rings. The Hall–Kier alpha value is -3.49. The SMILES string of the molecule is C1=C[C-](P(c2ccccc2)c2ccccc2)C(c2c(P(c3ccccc3)c3ccccc3)ccc3ccccc23)c2ccccc21.[Cl-].[Cl-].[Pd+2]. The van der Waals surface area contributed by atoms with Crippen molar-refractivity contribution in [2.45, 2.75) is 5.92 Å². The van der Waals surface area contributed by atoms with Crippen LogP contribution in [-0.2, 0) is 20.4 Å². The molecule has 244 valence electrons. The molecule has 0 amide bonds. The van der Waals surface area contributed by atoms with Gasteiger partial charge in [-0.25, -0.2) is 12.2 Å². The Kier molecular flexibility index (Phi) is 12.7. The summed E-state index contributed by atoms with van der Waals surface area (Å²) in [7, 11) is -1.65. The van der Waals surface area contributed by atoms with E-state index in [1.54, 1.807) is 0 Å². The summed E-state index contributed by atoms with van der Waals surface area (Å²) < 4.78 is 0. The van der Waals surface area contributed by atoms with Gasteiger partial charge in [-0.2, -0.15) is 5.66 Å². The van der Waals surface area contributed by atoms with Crippen LogP contribution in [0.1, 0.15) is 22.6 Å². The van der Waals surface area contributed by atoms with Gasteiger partial charge in [0, 0.05) is 0 Å². The summed E-state index contributed by atoms with van der Waals surface area (Å²) in [5.41, 5.74) is 5.59. The molecule has 0 heterocycles. The van der Waals surface area contributed by atoms with Gasteiger partial charge in [-0.1, -0.05) is 188 Å². The van der Waals surface area contributed by atoms with E-state index in [1.165, 1.54) is 59.6 Å². The number of halogens is 2. The third kappa shape index (κ3) is 7.37. The minimum Gasteiger partial charge on any atom is -1.00 e. The zero-order valence-corrected chi connectivity index (χ0v) is 31.4. The molecule has 1 atom stereocenters. The summed E-state index contributed by atoms with van der Waals surface area (Å²) in [6.45, 7) is 0. The second kappa shape index (κ2) is 17.0. The Balaban J connectivity index is 0.00000156. The Labute approximate surface area is 318 Å². The van der Waals surface area contributed by atoms with E-state index in [1.807, 2.05) is 0 Å². The maximum Gasteiger partial charge on any atom is 2.00 e. The summed E-state index contributed by atoms with van der Waals surface area (Å²) in [4.78, 5) is 0. The molecule has 0 saturated carbocycles. The Bertz CT molecular complexity index is 2040. The number of allylic oxidation sites excluding steroid dienone is 1. The van der Waals surface area contributed by atoms with Gasteiger partial charge < -0.3 is 24.8 Å². The molecule has 0 aromatic heterocycles. The number of benzene rings is 7. The fourth-order valence-corrected chi connectivity index (χ4v) is 11.9. The van der Waals surface area contributed by atoms with Crippen molar-refractivity contribution in [3.63, 3.8) is 0 Å². The van der Waals surface area contributed by atoms with Crippen LogP contribution < -0.4 is 51.3 Å². The monoisotopic (exact) mass is 799 g/mol. The van der Waals surface area contributed by atoms with Gasteiger partial charge in [0.1, 0.15) is 0 Å². The van der Waals surface area contributed by atoms with Gasteiger partial charge >= 0.3 is 20.4 Å². The molecular formula is C44H33Cl2P2Pd-. The minimum atomic E-state index is -0.831. The molecule has 1 aliphatic rings. The van der Waals surface area contributed by atoms with Crippen molar-refractivity contribution < 1.29 is 45.2 Å². The molecule has 0 bridgehead atoms. The zero-order valence-electron chi connectivity index (χ0n) is 26.5. The minimum absolute atomic E-state index is 0. The van der Waals surface area contributed by atoms with Gasteiger partial charge in [0.05, 0.1) is 0 Å². The Morgan fingerprint density at radius 1 is 0.449 bits per heavy atom. The molecule has 1 aliphatic carbocycles.